The summed E-state index contributed by atoms with van der Waals surface area (Å²) >= 11 is 0. The number of hydrogen-bond acceptors (Lipinski definition) is 4. The second-order valence-electron chi connectivity index (χ2n) is 6.40. The topological polar surface area (TPSA) is 67.2 Å². The molecule has 0 heterocycles. The van der Waals surface area contributed by atoms with E-state index in [2.05, 4.69) is 6.07 Å². The maximum Gasteiger partial charge on any atom is 0.183 e. The minimum atomic E-state index is -3.76. The molecule has 1 aliphatic rings. The zero-order valence-electron chi connectivity index (χ0n) is 13.9. The van der Waals surface area contributed by atoms with E-state index in [-0.39, 0.29) is 11.5 Å². The highest BCUT2D eigenvalue weighted by Crippen LogP contribution is 2.63. The summed E-state index contributed by atoms with van der Waals surface area (Å²) in [6.07, 6.45) is 0. The van der Waals surface area contributed by atoms with Crippen molar-refractivity contribution in [3.05, 3.63) is 65.5 Å². The lowest BCUT2D eigenvalue weighted by Crippen LogP contribution is -2.19. The molecule has 0 aliphatic heterocycles. The highest BCUT2D eigenvalue weighted by Gasteiger charge is 2.72. The molecular formula is C19H18FNO3S. The van der Waals surface area contributed by atoms with Crippen molar-refractivity contribution < 1.29 is 17.5 Å². The first kappa shape index (κ1) is 17.6. The monoisotopic (exact) mass is 359 g/mol. The van der Waals surface area contributed by atoms with Gasteiger partial charge < -0.3 is 4.74 Å². The van der Waals surface area contributed by atoms with E-state index in [9.17, 15) is 18.1 Å². The van der Waals surface area contributed by atoms with Crippen LogP contribution in [0.5, 0.6) is 0 Å². The molecule has 0 unspecified atom stereocenters. The number of sulfone groups is 1. The van der Waals surface area contributed by atoms with Crippen LogP contribution in [0.25, 0.3) is 0 Å². The van der Waals surface area contributed by atoms with Crippen LogP contribution in [0.15, 0.2) is 53.4 Å². The number of rotatable bonds is 5. The second kappa shape index (κ2) is 6.25. The summed E-state index contributed by atoms with van der Waals surface area (Å²) in [4.78, 5) is 0.165. The largest absolute Gasteiger partial charge is 0.383 e. The first-order chi connectivity index (χ1) is 11.9. The maximum absolute atomic E-state index is 13.6. The number of benzene rings is 2. The average molecular weight is 359 g/mol. The van der Waals surface area contributed by atoms with Crippen molar-refractivity contribution in [3.8, 4) is 6.07 Å². The Morgan fingerprint density at radius 3 is 2.48 bits per heavy atom. The van der Waals surface area contributed by atoms with E-state index in [0.29, 0.717) is 5.56 Å². The maximum atomic E-state index is 13.6. The fourth-order valence-electron chi connectivity index (χ4n) is 3.48. The van der Waals surface area contributed by atoms with Gasteiger partial charge in [-0.05, 0) is 36.8 Å². The Bertz CT molecular complexity index is 934. The Morgan fingerprint density at radius 1 is 1.24 bits per heavy atom. The molecule has 2 aromatic rings. The minimum absolute atomic E-state index is 0.0273. The zero-order chi connectivity index (χ0) is 18.2. The predicted molar refractivity (Wildman–Crippen MR) is 91.2 cm³/mol. The lowest BCUT2D eigenvalue weighted by atomic mass is 10.0. The van der Waals surface area contributed by atoms with Gasteiger partial charge in [-0.15, -0.1) is 0 Å². The van der Waals surface area contributed by atoms with Crippen molar-refractivity contribution in [2.24, 2.45) is 5.41 Å². The van der Waals surface area contributed by atoms with Crippen molar-refractivity contribution in [1.82, 2.24) is 0 Å². The number of methoxy groups -OCH3 is 1. The van der Waals surface area contributed by atoms with Crippen LogP contribution in [-0.4, -0.2) is 27.4 Å². The SMILES string of the molecule is COC[C@]1(C#N)[C@H](c2cccc(F)c2)[C@H]1S(=O)(=O)c1ccc(C)cc1. The summed E-state index contributed by atoms with van der Waals surface area (Å²) in [5, 5.41) is 8.76. The Kier molecular flexibility index (Phi) is 4.40. The number of nitriles is 1. The van der Waals surface area contributed by atoms with Crippen LogP contribution in [0.2, 0.25) is 0 Å². The van der Waals surface area contributed by atoms with Crippen molar-refractivity contribution in [2.75, 3.05) is 13.7 Å². The van der Waals surface area contributed by atoms with Gasteiger partial charge in [0, 0.05) is 13.0 Å². The number of nitrogens with zero attached hydrogens (tertiary/aromatic N) is 1. The molecule has 0 radical (unpaired) electrons. The summed E-state index contributed by atoms with van der Waals surface area (Å²) in [6.45, 7) is 1.84. The van der Waals surface area contributed by atoms with Crippen molar-refractivity contribution in [1.29, 1.82) is 5.26 Å². The predicted octanol–water partition coefficient (Wildman–Crippen LogP) is 3.23. The molecule has 0 N–H and O–H groups in total. The molecule has 2 aromatic carbocycles. The summed E-state index contributed by atoms with van der Waals surface area (Å²) in [7, 11) is -2.33. The third-order valence-electron chi connectivity index (χ3n) is 4.74. The molecule has 25 heavy (non-hydrogen) atoms. The smallest absolute Gasteiger partial charge is 0.183 e. The summed E-state index contributed by atoms with van der Waals surface area (Å²) in [5.41, 5.74) is 0.228. The van der Waals surface area contributed by atoms with Gasteiger partial charge in [0.25, 0.3) is 0 Å². The molecule has 0 saturated heterocycles. The molecule has 0 spiro atoms. The molecule has 4 nitrogen and oxygen atoms in total. The number of halogens is 1. The number of aryl methyl sites for hydroxylation is 1. The van der Waals surface area contributed by atoms with E-state index < -0.39 is 32.2 Å². The van der Waals surface area contributed by atoms with Gasteiger partial charge in [0.15, 0.2) is 9.84 Å². The molecule has 130 valence electrons. The fourth-order valence-corrected chi connectivity index (χ4v) is 5.79. The van der Waals surface area contributed by atoms with Crippen LogP contribution < -0.4 is 0 Å². The van der Waals surface area contributed by atoms with Gasteiger partial charge in [0.1, 0.15) is 11.2 Å². The highest BCUT2D eigenvalue weighted by atomic mass is 32.2. The van der Waals surface area contributed by atoms with Crippen LogP contribution in [0.1, 0.15) is 17.0 Å². The lowest BCUT2D eigenvalue weighted by Gasteiger charge is -2.08. The minimum Gasteiger partial charge on any atom is -0.383 e. The molecule has 3 rings (SSSR count). The standard InChI is InChI=1S/C19H18FNO3S/c1-13-6-8-16(9-7-13)25(22,23)18-17(19(18,11-21)12-24-2)14-4-3-5-15(20)10-14/h3-10,17-18H,12H2,1-2H3/t17-,18-,19-/m1/s1. The van der Waals surface area contributed by atoms with Gasteiger partial charge in [0.2, 0.25) is 0 Å². The fraction of sp³-hybridized carbons (Fsp3) is 0.316. The average Bonchev–Trinajstić information content (AvgIpc) is 3.26. The van der Waals surface area contributed by atoms with E-state index in [0.717, 1.165) is 5.56 Å². The summed E-state index contributed by atoms with van der Waals surface area (Å²) < 4.78 is 45.0. The van der Waals surface area contributed by atoms with Crippen LogP contribution in [0.4, 0.5) is 4.39 Å². The third-order valence-corrected chi connectivity index (χ3v) is 7.03. The number of hydrogen-bond donors (Lipinski definition) is 0. The number of ether oxygens (including phenoxy) is 1. The first-order valence-corrected chi connectivity index (χ1v) is 9.37. The van der Waals surface area contributed by atoms with E-state index >= 15 is 0 Å². The Balaban J connectivity index is 2.09. The van der Waals surface area contributed by atoms with Crippen molar-refractivity contribution in [3.63, 3.8) is 0 Å². The Morgan fingerprint density at radius 2 is 1.92 bits per heavy atom. The van der Waals surface area contributed by atoms with E-state index in [1.807, 2.05) is 6.92 Å². The molecule has 6 heteroatoms. The Hall–Kier alpha value is -2.23. The van der Waals surface area contributed by atoms with E-state index in [1.165, 1.54) is 25.3 Å². The molecule has 1 aliphatic carbocycles. The highest BCUT2D eigenvalue weighted by molar-refractivity contribution is 7.92. The molecule has 0 amide bonds. The van der Waals surface area contributed by atoms with Crippen LogP contribution in [-0.2, 0) is 14.6 Å². The first-order valence-electron chi connectivity index (χ1n) is 7.83. The van der Waals surface area contributed by atoms with E-state index in [4.69, 9.17) is 4.74 Å². The van der Waals surface area contributed by atoms with Crippen molar-refractivity contribution in [2.45, 2.75) is 23.0 Å². The van der Waals surface area contributed by atoms with Gasteiger partial charge >= 0.3 is 0 Å². The van der Waals surface area contributed by atoms with Gasteiger partial charge in [0.05, 0.1) is 22.8 Å². The van der Waals surface area contributed by atoms with Crippen LogP contribution >= 0.6 is 0 Å². The quantitative estimate of drug-likeness (QED) is 0.822. The summed E-state index contributed by atoms with van der Waals surface area (Å²) in [5.74, 6) is -1.08. The van der Waals surface area contributed by atoms with Gasteiger partial charge in [-0.1, -0.05) is 29.8 Å². The van der Waals surface area contributed by atoms with Gasteiger partial charge in [-0.3, -0.25) is 0 Å². The van der Waals surface area contributed by atoms with Crippen LogP contribution in [0, 0.1) is 29.5 Å². The second-order valence-corrected chi connectivity index (χ2v) is 8.47. The zero-order valence-corrected chi connectivity index (χ0v) is 14.8. The summed E-state index contributed by atoms with van der Waals surface area (Å²) in [6, 6.07) is 14.4. The molecule has 3 atom stereocenters. The molecule has 1 fully saturated rings. The lowest BCUT2D eigenvalue weighted by molar-refractivity contribution is 0.162. The normalized spacial score (nSPS) is 25.4. The Labute approximate surface area is 146 Å². The third kappa shape index (κ3) is 2.84. The van der Waals surface area contributed by atoms with Gasteiger partial charge in [-0.25, -0.2) is 12.8 Å². The van der Waals surface area contributed by atoms with E-state index in [1.54, 1.807) is 30.3 Å². The van der Waals surface area contributed by atoms with Crippen molar-refractivity contribution >= 4 is 9.84 Å². The van der Waals surface area contributed by atoms with Gasteiger partial charge in [-0.2, -0.15) is 5.26 Å². The molecule has 0 bridgehead atoms. The van der Waals surface area contributed by atoms with Crippen LogP contribution in [0.3, 0.4) is 0 Å². The molecular weight excluding hydrogens is 341 g/mol. The molecule has 1 saturated carbocycles. The molecule has 0 aromatic heterocycles.